The monoisotopic (exact) mass is 382 g/mol. The van der Waals surface area contributed by atoms with E-state index < -0.39 is 0 Å². The molecule has 0 aromatic heterocycles. The fourth-order valence-electron chi connectivity index (χ4n) is 1.93. The molecule has 0 aliphatic rings. The minimum absolute atomic E-state index is 0.251. The van der Waals surface area contributed by atoms with Crippen molar-refractivity contribution < 1.29 is 4.79 Å². The summed E-state index contributed by atoms with van der Waals surface area (Å²) in [6.07, 6.45) is 0. The average Bonchev–Trinajstić information content (AvgIpc) is 2.41. The maximum atomic E-state index is 12.3. The van der Waals surface area contributed by atoms with Gasteiger partial charge in [0.05, 0.1) is 10.7 Å². The van der Waals surface area contributed by atoms with Crippen LogP contribution in [0, 0.1) is 6.92 Å². The minimum atomic E-state index is -0.254. The predicted octanol–water partition coefficient (Wildman–Crippen LogP) is 4.30. The molecule has 6 heteroatoms. The third-order valence-corrected chi connectivity index (χ3v) is 4.37. The number of carbonyl (C=O) groups is 1. The molecule has 0 bridgehead atoms. The Hall–Kier alpha value is -1.43. The van der Waals surface area contributed by atoms with Crippen LogP contribution in [0.4, 0.5) is 5.69 Å². The Morgan fingerprint density at radius 2 is 2.05 bits per heavy atom. The summed E-state index contributed by atoms with van der Waals surface area (Å²) in [7, 11) is 0. The van der Waals surface area contributed by atoms with Gasteiger partial charge in [-0.25, -0.2) is 0 Å². The molecule has 0 unspecified atom stereocenters. The Labute approximate surface area is 141 Å². The van der Waals surface area contributed by atoms with Gasteiger partial charge in [-0.05, 0) is 52.7 Å². The number of thiocarbonyl (C=S) groups is 1. The van der Waals surface area contributed by atoms with Gasteiger partial charge in [-0.1, -0.05) is 36.0 Å². The van der Waals surface area contributed by atoms with Crippen molar-refractivity contribution >= 4 is 56.3 Å². The second-order valence-electron chi connectivity index (χ2n) is 4.44. The van der Waals surface area contributed by atoms with Crippen LogP contribution in [0.25, 0.3) is 0 Å². The summed E-state index contributed by atoms with van der Waals surface area (Å²) in [6, 6.07) is 10.5. The van der Waals surface area contributed by atoms with Crippen LogP contribution in [0.2, 0.25) is 5.02 Å². The Balaban J connectivity index is 2.34. The number of anilines is 1. The second kappa shape index (κ2) is 6.56. The van der Waals surface area contributed by atoms with Gasteiger partial charge in [0.25, 0.3) is 5.91 Å². The molecule has 21 heavy (non-hydrogen) atoms. The highest BCUT2D eigenvalue weighted by molar-refractivity contribution is 9.10. The van der Waals surface area contributed by atoms with E-state index in [4.69, 9.17) is 29.6 Å². The van der Waals surface area contributed by atoms with Crippen LogP contribution in [0.15, 0.2) is 40.9 Å². The molecule has 2 rings (SSSR count). The summed E-state index contributed by atoms with van der Waals surface area (Å²) in [5, 5.41) is 3.37. The van der Waals surface area contributed by atoms with E-state index in [9.17, 15) is 4.79 Å². The lowest BCUT2D eigenvalue weighted by atomic mass is 10.1. The Kier molecular flexibility index (Phi) is 4.98. The van der Waals surface area contributed by atoms with E-state index in [0.717, 1.165) is 5.56 Å². The van der Waals surface area contributed by atoms with Gasteiger partial charge in [0.1, 0.15) is 4.99 Å². The number of amides is 1. The van der Waals surface area contributed by atoms with E-state index in [1.807, 2.05) is 19.1 Å². The first kappa shape index (κ1) is 15.9. The molecule has 108 valence electrons. The molecule has 2 aromatic carbocycles. The first-order valence-corrected chi connectivity index (χ1v) is 7.64. The summed E-state index contributed by atoms with van der Waals surface area (Å²) in [6.45, 7) is 1.89. The Bertz CT molecular complexity index is 734. The standard InChI is InChI=1S/C15H12BrClN2OS/c1-8-3-2-4-12(13(8)14(18)21)19-15(20)9-5-6-11(17)10(16)7-9/h2-7H,1H3,(H2,18,21)(H,19,20). The van der Waals surface area contributed by atoms with Gasteiger partial charge in [-0.15, -0.1) is 0 Å². The van der Waals surface area contributed by atoms with E-state index in [0.29, 0.717) is 26.3 Å². The van der Waals surface area contributed by atoms with Crippen molar-refractivity contribution in [3.63, 3.8) is 0 Å². The lowest BCUT2D eigenvalue weighted by Crippen LogP contribution is -2.18. The fourth-order valence-corrected chi connectivity index (χ4v) is 2.70. The highest BCUT2D eigenvalue weighted by atomic mass is 79.9. The third kappa shape index (κ3) is 3.61. The molecule has 1 amide bonds. The highest BCUT2D eigenvalue weighted by Crippen LogP contribution is 2.25. The number of benzene rings is 2. The van der Waals surface area contributed by atoms with Crippen molar-refractivity contribution in [2.75, 3.05) is 5.32 Å². The zero-order valence-corrected chi connectivity index (χ0v) is 14.3. The lowest BCUT2D eigenvalue weighted by Gasteiger charge is -2.13. The predicted molar refractivity (Wildman–Crippen MR) is 94.2 cm³/mol. The van der Waals surface area contributed by atoms with Crippen LogP contribution in [0.1, 0.15) is 21.5 Å². The maximum Gasteiger partial charge on any atom is 0.255 e. The first-order valence-electron chi connectivity index (χ1n) is 6.06. The zero-order chi connectivity index (χ0) is 15.6. The zero-order valence-electron chi connectivity index (χ0n) is 11.1. The summed E-state index contributed by atoms with van der Waals surface area (Å²) >= 11 is 14.3. The van der Waals surface area contributed by atoms with Crippen LogP contribution >= 0.6 is 39.7 Å². The van der Waals surface area contributed by atoms with Crippen molar-refractivity contribution in [1.29, 1.82) is 0 Å². The third-order valence-electron chi connectivity index (χ3n) is 2.95. The number of hydrogen-bond acceptors (Lipinski definition) is 2. The lowest BCUT2D eigenvalue weighted by molar-refractivity contribution is 0.102. The molecule has 0 spiro atoms. The normalized spacial score (nSPS) is 10.2. The molecule has 3 N–H and O–H groups in total. The van der Waals surface area contributed by atoms with E-state index in [1.54, 1.807) is 24.3 Å². The van der Waals surface area contributed by atoms with Gasteiger partial charge in [-0.2, -0.15) is 0 Å². The molecular weight excluding hydrogens is 372 g/mol. The molecule has 0 aliphatic heterocycles. The van der Waals surface area contributed by atoms with Crippen LogP contribution in [-0.4, -0.2) is 10.9 Å². The summed E-state index contributed by atoms with van der Waals surface area (Å²) in [5.41, 5.74) is 8.40. The van der Waals surface area contributed by atoms with E-state index >= 15 is 0 Å². The molecular formula is C15H12BrClN2OS. The van der Waals surface area contributed by atoms with Gasteiger partial charge in [0.2, 0.25) is 0 Å². The Morgan fingerprint density at radius 3 is 2.67 bits per heavy atom. The van der Waals surface area contributed by atoms with Crippen molar-refractivity contribution in [2.45, 2.75) is 6.92 Å². The molecule has 3 nitrogen and oxygen atoms in total. The molecule has 0 saturated heterocycles. The summed E-state index contributed by atoms with van der Waals surface area (Å²) in [5.74, 6) is -0.254. The summed E-state index contributed by atoms with van der Waals surface area (Å²) < 4.78 is 0.663. The smallest absolute Gasteiger partial charge is 0.255 e. The number of halogens is 2. The summed E-state index contributed by atoms with van der Waals surface area (Å²) in [4.78, 5) is 12.6. The van der Waals surface area contributed by atoms with Gasteiger partial charge >= 0.3 is 0 Å². The van der Waals surface area contributed by atoms with Crippen LogP contribution in [0.3, 0.4) is 0 Å². The SMILES string of the molecule is Cc1cccc(NC(=O)c2ccc(Cl)c(Br)c2)c1C(N)=S. The van der Waals surface area contributed by atoms with Crippen LogP contribution in [-0.2, 0) is 0 Å². The molecule has 2 aromatic rings. The number of rotatable bonds is 3. The molecule has 0 atom stereocenters. The van der Waals surface area contributed by atoms with E-state index in [-0.39, 0.29) is 10.9 Å². The van der Waals surface area contributed by atoms with Crippen LogP contribution in [0.5, 0.6) is 0 Å². The van der Waals surface area contributed by atoms with Crippen molar-refractivity contribution in [1.82, 2.24) is 0 Å². The maximum absolute atomic E-state index is 12.3. The second-order valence-corrected chi connectivity index (χ2v) is 6.15. The van der Waals surface area contributed by atoms with Crippen molar-refractivity contribution in [3.8, 4) is 0 Å². The van der Waals surface area contributed by atoms with Crippen molar-refractivity contribution in [3.05, 3.63) is 62.6 Å². The van der Waals surface area contributed by atoms with E-state index in [1.165, 1.54) is 0 Å². The fraction of sp³-hybridized carbons (Fsp3) is 0.0667. The van der Waals surface area contributed by atoms with Crippen LogP contribution < -0.4 is 11.1 Å². The number of hydrogen-bond donors (Lipinski definition) is 2. The number of nitrogens with two attached hydrogens (primary N) is 1. The van der Waals surface area contributed by atoms with E-state index in [2.05, 4.69) is 21.2 Å². The highest BCUT2D eigenvalue weighted by Gasteiger charge is 2.13. The number of aryl methyl sites for hydroxylation is 1. The minimum Gasteiger partial charge on any atom is -0.389 e. The Morgan fingerprint density at radius 1 is 1.33 bits per heavy atom. The quantitative estimate of drug-likeness (QED) is 0.777. The average molecular weight is 384 g/mol. The van der Waals surface area contributed by atoms with Gasteiger partial charge in [0.15, 0.2) is 0 Å². The van der Waals surface area contributed by atoms with Gasteiger partial charge in [0, 0.05) is 15.6 Å². The van der Waals surface area contributed by atoms with Gasteiger partial charge in [-0.3, -0.25) is 4.79 Å². The largest absolute Gasteiger partial charge is 0.389 e. The van der Waals surface area contributed by atoms with Crippen molar-refractivity contribution in [2.24, 2.45) is 5.73 Å². The molecule has 0 fully saturated rings. The molecule has 0 radical (unpaired) electrons. The first-order chi connectivity index (χ1) is 9.90. The number of carbonyl (C=O) groups excluding carboxylic acids is 1. The molecule has 0 heterocycles. The topological polar surface area (TPSA) is 55.1 Å². The molecule has 0 saturated carbocycles. The molecule has 0 aliphatic carbocycles. The van der Waals surface area contributed by atoms with Gasteiger partial charge < -0.3 is 11.1 Å². The number of nitrogens with one attached hydrogen (secondary N) is 1.